The smallest absolute Gasteiger partial charge is 0.115 e. The van der Waals surface area contributed by atoms with Gasteiger partial charge in [0.15, 0.2) is 0 Å². The average Bonchev–Trinajstić information content (AvgIpc) is 3.28. The van der Waals surface area contributed by atoms with E-state index in [2.05, 4.69) is 169 Å². The number of fused-ring (bicyclic) bond motifs is 1. The van der Waals surface area contributed by atoms with Gasteiger partial charge in [0, 0.05) is 5.88 Å². The molecular weight excluding hydrogens is 724 g/mol. The molecule has 0 aliphatic heterocycles. The van der Waals surface area contributed by atoms with Crippen LogP contribution in [0.15, 0.2) is 209 Å². The third-order valence-corrected chi connectivity index (χ3v) is 8.44. The Balaban J connectivity index is 0.000000249. The van der Waals surface area contributed by atoms with Crippen LogP contribution < -0.4 is 0 Å². The lowest BCUT2D eigenvalue weighted by Crippen LogP contribution is -2.10. The lowest BCUT2D eigenvalue weighted by molar-refractivity contribution is 0.475. The van der Waals surface area contributed by atoms with Gasteiger partial charge < -0.3 is 5.11 Å². The van der Waals surface area contributed by atoms with Crippen LogP contribution in [0.25, 0.3) is 52.3 Å². The van der Waals surface area contributed by atoms with Crippen LogP contribution in [0.2, 0.25) is 0 Å². The van der Waals surface area contributed by atoms with Crippen molar-refractivity contribution in [2.24, 2.45) is 0 Å². The van der Waals surface area contributed by atoms with Gasteiger partial charge in [0.2, 0.25) is 0 Å². The summed E-state index contributed by atoms with van der Waals surface area (Å²) in [6.07, 6.45) is 9.16. The zero-order chi connectivity index (χ0) is 42.6. The van der Waals surface area contributed by atoms with Gasteiger partial charge >= 0.3 is 0 Å². The minimum absolute atomic E-state index is 0.250. The first kappa shape index (κ1) is 47.7. The molecule has 1 N–H and O–H groups in total. The van der Waals surface area contributed by atoms with Gasteiger partial charge in [-0.15, -0.1) is 11.6 Å². The van der Waals surface area contributed by atoms with E-state index in [9.17, 15) is 0 Å². The highest BCUT2D eigenvalue weighted by molar-refractivity contribution is 6.17. The SMILES string of the molecule is C=Cc1ccc(-c2ccccc2)cc1.C=Cc1ccc(C(C)(C)C)cc1.C=Cc1ccc(O)cc1.C=Cc1ccc2ccccc2c1.C=Cc1ccccc1.CCCl. The molecule has 2 heteroatoms. The molecule has 0 unspecified atom stereocenters. The summed E-state index contributed by atoms with van der Waals surface area (Å²) in [6.45, 7) is 26.9. The number of alkyl halides is 1. The summed E-state index contributed by atoms with van der Waals surface area (Å²) in [4.78, 5) is 0. The van der Waals surface area contributed by atoms with Gasteiger partial charge in [0.1, 0.15) is 5.75 Å². The van der Waals surface area contributed by atoms with Gasteiger partial charge in [-0.2, -0.15) is 0 Å². The summed E-state index contributed by atoms with van der Waals surface area (Å²) in [5.41, 5.74) is 9.83. The summed E-state index contributed by atoms with van der Waals surface area (Å²) in [5, 5.41) is 11.4. The van der Waals surface area contributed by atoms with E-state index in [-0.39, 0.29) is 5.41 Å². The van der Waals surface area contributed by atoms with E-state index in [1.165, 1.54) is 44.2 Å². The maximum Gasteiger partial charge on any atom is 0.115 e. The predicted octanol–water partition coefficient (Wildman–Crippen LogP) is 16.7. The molecule has 296 valence electrons. The highest BCUT2D eigenvalue weighted by atomic mass is 35.5. The van der Waals surface area contributed by atoms with Gasteiger partial charge in [-0.1, -0.05) is 249 Å². The monoisotopic (exact) mass is 782 g/mol. The van der Waals surface area contributed by atoms with E-state index in [0.29, 0.717) is 5.75 Å². The van der Waals surface area contributed by atoms with Gasteiger partial charge in [-0.05, 0) is 78.9 Å². The number of phenols is 1. The second kappa shape index (κ2) is 27.2. The van der Waals surface area contributed by atoms with Crippen LogP contribution in [0.5, 0.6) is 5.75 Å². The Hall–Kier alpha value is -6.41. The fourth-order valence-corrected chi connectivity index (χ4v) is 5.10. The van der Waals surface area contributed by atoms with Crippen LogP contribution in [0, 0.1) is 0 Å². The number of hydrogen-bond acceptors (Lipinski definition) is 1. The van der Waals surface area contributed by atoms with Crippen molar-refractivity contribution in [2.75, 3.05) is 5.88 Å². The molecule has 7 aromatic rings. The number of halogens is 1. The van der Waals surface area contributed by atoms with Gasteiger partial charge in [0.05, 0.1) is 0 Å². The van der Waals surface area contributed by atoms with Crippen molar-refractivity contribution in [2.45, 2.75) is 33.1 Å². The number of aromatic hydroxyl groups is 1. The second-order valence-corrected chi connectivity index (χ2v) is 14.3. The van der Waals surface area contributed by atoms with Crippen molar-refractivity contribution < 1.29 is 5.11 Å². The zero-order valence-electron chi connectivity index (χ0n) is 34.7. The molecule has 0 heterocycles. The summed E-state index contributed by atoms with van der Waals surface area (Å²) in [5.74, 6) is 1.01. The molecular formula is C56H59ClO. The first-order valence-electron chi connectivity index (χ1n) is 19.3. The molecule has 58 heavy (non-hydrogen) atoms. The van der Waals surface area contributed by atoms with Crippen LogP contribution in [0.3, 0.4) is 0 Å². The summed E-state index contributed by atoms with van der Waals surface area (Å²) in [6, 6.07) is 58.9. The Morgan fingerprint density at radius 1 is 0.431 bits per heavy atom. The van der Waals surface area contributed by atoms with E-state index >= 15 is 0 Å². The van der Waals surface area contributed by atoms with Gasteiger partial charge in [0.25, 0.3) is 0 Å². The summed E-state index contributed by atoms with van der Waals surface area (Å²) < 4.78 is 0. The second-order valence-electron chi connectivity index (χ2n) is 13.8. The Morgan fingerprint density at radius 3 is 1.21 bits per heavy atom. The van der Waals surface area contributed by atoms with Crippen molar-refractivity contribution in [3.05, 3.63) is 242 Å². The minimum atomic E-state index is 0.250. The fraction of sp³-hybridized carbons (Fsp3) is 0.107. The number of benzene rings is 7. The lowest BCUT2D eigenvalue weighted by Gasteiger charge is -2.18. The van der Waals surface area contributed by atoms with E-state index in [1.807, 2.05) is 79.8 Å². The minimum Gasteiger partial charge on any atom is -0.508 e. The molecule has 0 atom stereocenters. The molecule has 0 aliphatic carbocycles. The molecule has 0 aliphatic rings. The maximum absolute atomic E-state index is 8.82. The normalized spacial score (nSPS) is 9.60. The highest BCUT2D eigenvalue weighted by Crippen LogP contribution is 2.22. The molecule has 0 fully saturated rings. The van der Waals surface area contributed by atoms with E-state index < -0.39 is 0 Å². The molecule has 0 saturated heterocycles. The Bertz CT molecular complexity index is 2210. The van der Waals surface area contributed by atoms with Crippen LogP contribution in [0.1, 0.15) is 61.1 Å². The average molecular weight is 784 g/mol. The number of rotatable bonds is 6. The molecule has 0 bridgehead atoms. The third kappa shape index (κ3) is 18.5. The molecule has 0 amide bonds. The Kier molecular flexibility index (Phi) is 22.4. The Morgan fingerprint density at radius 2 is 0.776 bits per heavy atom. The van der Waals surface area contributed by atoms with E-state index in [4.69, 9.17) is 16.7 Å². The maximum atomic E-state index is 8.82. The van der Waals surface area contributed by atoms with Crippen LogP contribution in [-0.2, 0) is 5.41 Å². The topological polar surface area (TPSA) is 20.2 Å². The Labute approximate surface area is 354 Å². The number of phenolic OH excluding ortho intramolecular Hbond substituents is 1. The van der Waals surface area contributed by atoms with Crippen LogP contribution >= 0.6 is 11.6 Å². The molecule has 7 aromatic carbocycles. The molecule has 0 radical (unpaired) electrons. The first-order chi connectivity index (χ1) is 28.0. The molecule has 1 nitrogen and oxygen atoms in total. The quantitative estimate of drug-likeness (QED) is 0.167. The van der Waals surface area contributed by atoms with Gasteiger partial charge in [-0.3, -0.25) is 0 Å². The summed E-state index contributed by atoms with van der Waals surface area (Å²) >= 11 is 5.00. The largest absolute Gasteiger partial charge is 0.508 e. The third-order valence-electron chi connectivity index (χ3n) is 8.44. The molecule has 0 aromatic heterocycles. The lowest BCUT2D eigenvalue weighted by atomic mass is 9.87. The first-order valence-corrected chi connectivity index (χ1v) is 19.8. The zero-order valence-corrected chi connectivity index (χ0v) is 35.5. The standard InChI is InChI=1S/C14H12.C12H10.C12H16.C8H8O.C8H8.C2H5Cl/c1-2-12-8-10-14(11-9-12)13-6-4-3-5-7-13;1-2-10-7-8-11-5-3-4-6-12(11)9-10;1-5-10-6-8-11(9-7-10)12(2,3)4;1-2-7-3-5-8(9)6-4-7;1-2-8-6-4-3-5-7-8;1-2-3/h2-11H,1H2;2-9H,1H2;5-9H,1H2,2-4H3;2-6,9H,1H2;2-7H,1H2;2H2,1H3. The fourth-order valence-electron chi connectivity index (χ4n) is 5.10. The summed E-state index contributed by atoms with van der Waals surface area (Å²) in [7, 11) is 0. The van der Waals surface area contributed by atoms with Gasteiger partial charge in [-0.25, -0.2) is 0 Å². The highest BCUT2D eigenvalue weighted by Gasteiger charge is 2.12. The molecule has 0 saturated carbocycles. The van der Waals surface area contributed by atoms with Crippen molar-refractivity contribution in [3.63, 3.8) is 0 Å². The van der Waals surface area contributed by atoms with Crippen molar-refractivity contribution in [1.29, 1.82) is 0 Å². The van der Waals surface area contributed by atoms with Crippen molar-refractivity contribution in [1.82, 2.24) is 0 Å². The molecule has 7 rings (SSSR count). The van der Waals surface area contributed by atoms with Crippen LogP contribution in [-0.4, -0.2) is 11.0 Å². The van der Waals surface area contributed by atoms with Crippen LogP contribution in [0.4, 0.5) is 0 Å². The predicted molar refractivity (Wildman–Crippen MR) is 262 cm³/mol. The van der Waals surface area contributed by atoms with Crippen molar-refractivity contribution >= 4 is 52.8 Å². The number of hydrogen-bond donors (Lipinski definition) is 1. The van der Waals surface area contributed by atoms with E-state index in [1.54, 1.807) is 18.2 Å². The molecule has 0 spiro atoms. The van der Waals surface area contributed by atoms with Crippen molar-refractivity contribution in [3.8, 4) is 16.9 Å². The van der Waals surface area contributed by atoms with E-state index in [0.717, 1.165) is 17.0 Å².